The smallest absolute Gasteiger partial charge is 0.123 e. The zero-order valence-electron chi connectivity index (χ0n) is 9.86. The largest absolute Gasteiger partial charge is 0.313 e. The number of rotatable bonds is 2. The first-order chi connectivity index (χ1) is 7.81. The van der Waals surface area contributed by atoms with Crippen molar-refractivity contribution in [3.8, 4) is 0 Å². The molecular formula is C14H19ClFN. The summed E-state index contributed by atoms with van der Waals surface area (Å²) >= 11 is 0. The van der Waals surface area contributed by atoms with Gasteiger partial charge in [0.25, 0.3) is 0 Å². The van der Waals surface area contributed by atoms with E-state index in [0.717, 1.165) is 18.3 Å². The number of fused-ring (bicyclic) bond motifs is 3. The van der Waals surface area contributed by atoms with Crippen molar-refractivity contribution in [1.29, 1.82) is 0 Å². The molecule has 1 saturated carbocycles. The van der Waals surface area contributed by atoms with Crippen LogP contribution in [0.2, 0.25) is 0 Å². The Kier molecular flexibility index (Phi) is 4.05. The normalized spacial score (nSPS) is 31.0. The van der Waals surface area contributed by atoms with E-state index in [2.05, 4.69) is 5.32 Å². The third-order valence-electron chi connectivity index (χ3n) is 4.17. The molecule has 3 fully saturated rings. The predicted molar refractivity (Wildman–Crippen MR) is 70.0 cm³/mol. The van der Waals surface area contributed by atoms with Crippen molar-refractivity contribution in [3.63, 3.8) is 0 Å². The number of hydrogen-bond acceptors (Lipinski definition) is 1. The van der Waals surface area contributed by atoms with Crippen LogP contribution in [0.3, 0.4) is 0 Å². The monoisotopic (exact) mass is 255 g/mol. The summed E-state index contributed by atoms with van der Waals surface area (Å²) < 4.78 is 12.8. The number of halogens is 2. The first-order valence-corrected chi connectivity index (χ1v) is 6.29. The lowest BCUT2D eigenvalue weighted by Gasteiger charge is -2.43. The fourth-order valence-electron chi connectivity index (χ4n) is 3.28. The van der Waals surface area contributed by atoms with Crippen LogP contribution in [0, 0.1) is 17.7 Å². The molecule has 94 valence electrons. The molecule has 1 aromatic rings. The molecule has 0 aromatic heterocycles. The van der Waals surface area contributed by atoms with Gasteiger partial charge in [0.05, 0.1) is 0 Å². The van der Waals surface area contributed by atoms with Gasteiger partial charge in [-0.3, -0.25) is 0 Å². The molecule has 3 heteroatoms. The quantitative estimate of drug-likeness (QED) is 0.856. The highest BCUT2D eigenvalue weighted by molar-refractivity contribution is 5.85. The van der Waals surface area contributed by atoms with Gasteiger partial charge >= 0.3 is 0 Å². The molecule has 2 saturated heterocycles. The van der Waals surface area contributed by atoms with Crippen LogP contribution in [0.5, 0.6) is 0 Å². The second-order valence-corrected chi connectivity index (χ2v) is 5.28. The van der Waals surface area contributed by atoms with Gasteiger partial charge in [0.1, 0.15) is 5.82 Å². The summed E-state index contributed by atoms with van der Waals surface area (Å²) in [4.78, 5) is 0. The summed E-state index contributed by atoms with van der Waals surface area (Å²) in [5.41, 5.74) is 1.28. The molecule has 0 unspecified atom stereocenters. The molecule has 1 aromatic carbocycles. The van der Waals surface area contributed by atoms with E-state index in [1.165, 1.54) is 31.4 Å². The van der Waals surface area contributed by atoms with E-state index in [1.54, 1.807) is 12.1 Å². The summed E-state index contributed by atoms with van der Waals surface area (Å²) in [6, 6.07) is 7.71. The van der Waals surface area contributed by atoms with E-state index in [4.69, 9.17) is 0 Å². The second kappa shape index (κ2) is 5.36. The first kappa shape index (κ1) is 12.8. The maximum absolute atomic E-state index is 12.8. The van der Waals surface area contributed by atoms with Crippen LogP contribution in [-0.2, 0) is 6.42 Å². The Morgan fingerprint density at radius 2 is 1.94 bits per heavy atom. The van der Waals surface area contributed by atoms with Crippen LogP contribution in [-0.4, -0.2) is 12.6 Å². The molecule has 1 aliphatic carbocycles. The Balaban J connectivity index is 0.00000108. The minimum atomic E-state index is -0.132. The third kappa shape index (κ3) is 2.80. The van der Waals surface area contributed by atoms with Crippen molar-refractivity contribution < 1.29 is 4.39 Å². The Morgan fingerprint density at radius 3 is 2.47 bits per heavy atom. The van der Waals surface area contributed by atoms with Gasteiger partial charge in [0.2, 0.25) is 0 Å². The average Bonchev–Trinajstić information content (AvgIpc) is 2.34. The van der Waals surface area contributed by atoms with Crippen molar-refractivity contribution in [2.75, 3.05) is 6.54 Å². The van der Waals surface area contributed by atoms with Gasteiger partial charge in [-0.15, -0.1) is 12.4 Å². The molecule has 17 heavy (non-hydrogen) atoms. The molecule has 1 nitrogen and oxygen atoms in total. The molecule has 1 N–H and O–H groups in total. The van der Waals surface area contributed by atoms with Crippen molar-refractivity contribution in [1.82, 2.24) is 5.32 Å². The maximum atomic E-state index is 12.8. The Bertz CT molecular complexity index is 357. The standard InChI is InChI=1S/C14H18FN.ClH/c15-13-4-1-10(2-5-13)7-12-8-11-3-6-14(12)16-9-11;/h1-2,4-5,11-12,14,16H,3,6-9H2;1H/t11-,12-,14+;/m0./s1. The highest BCUT2D eigenvalue weighted by Crippen LogP contribution is 2.35. The number of hydrogen-bond donors (Lipinski definition) is 1. The summed E-state index contributed by atoms with van der Waals surface area (Å²) in [5, 5.41) is 3.63. The molecular weight excluding hydrogens is 237 g/mol. The number of piperidine rings is 2. The van der Waals surface area contributed by atoms with Gasteiger partial charge in [0.15, 0.2) is 0 Å². The van der Waals surface area contributed by atoms with Crippen LogP contribution >= 0.6 is 12.4 Å². The van der Waals surface area contributed by atoms with Gasteiger partial charge in [-0.2, -0.15) is 0 Å². The molecule has 2 bridgehead atoms. The minimum Gasteiger partial charge on any atom is -0.313 e. The van der Waals surface area contributed by atoms with Crippen molar-refractivity contribution in [2.24, 2.45) is 11.8 Å². The predicted octanol–water partition coefficient (Wildman–Crippen LogP) is 3.18. The first-order valence-electron chi connectivity index (χ1n) is 6.29. The Labute approximate surface area is 108 Å². The number of benzene rings is 1. The molecule has 3 aliphatic rings. The van der Waals surface area contributed by atoms with Crippen molar-refractivity contribution in [2.45, 2.75) is 31.7 Å². The lowest BCUT2D eigenvalue weighted by Crippen LogP contribution is -2.50. The van der Waals surface area contributed by atoms with Gasteiger partial charge in [-0.1, -0.05) is 12.1 Å². The molecule has 0 amide bonds. The van der Waals surface area contributed by atoms with Crippen LogP contribution < -0.4 is 5.32 Å². The molecule has 3 atom stereocenters. The van der Waals surface area contributed by atoms with Crippen molar-refractivity contribution in [3.05, 3.63) is 35.6 Å². The maximum Gasteiger partial charge on any atom is 0.123 e. The van der Waals surface area contributed by atoms with Gasteiger partial charge in [-0.25, -0.2) is 4.39 Å². The SMILES string of the molecule is Cl.Fc1ccc(C[C@H]2C[C@@H]3CC[C@H]2NC3)cc1. The summed E-state index contributed by atoms with van der Waals surface area (Å²) in [6.45, 7) is 1.21. The van der Waals surface area contributed by atoms with Crippen LogP contribution in [0.25, 0.3) is 0 Å². The van der Waals surface area contributed by atoms with E-state index >= 15 is 0 Å². The molecule has 0 spiro atoms. The fourth-order valence-corrected chi connectivity index (χ4v) is 3.28. The zero-order valence-corrected chi connectivity index (χ0v) is 10.7. The summed E-state index contributed by atoms with van der Waals surface area (Å²) in [5.74, 6) is 1.51. The van der Waals surface area contributed by atoms with E-state index in [0.29, 0.717) is 6.04 Å². The van der Waals surface area contributed by atoms with Crippen LogP contribution in [0.15, 0.2) is 24.3 Å². The van der Waals surface area contributed by atoms with Crippen molar-refractivity contribution >= 4 is 12.4 Å². The lowest BCUT2D eigenvalue weighted by molar-refractivity contribution is 0.137. The van der Waals surface area contributed by atoms with E-state index in [9.17, 15) is 4.39 Å². The van der Waals surface area contributed by atoms with Gasteiger partial charge in [-0.05, 0) is 61.8 Å². The average molecular weight is 256 g/mol. The Hall–Kier alpha value is -0.600. The van der Waals surface area contributed by atoms with E-state index in [-0.39, 0.29) is 18.2 Å². The summed E-state index contributed by atoms with van der Waals surface area (Å²) in [7, 11) is 0. The number of nitrogens with one attached hydrogen (secondary N) is 1. The summed E-state index contributed by atoms with van der Waals surface area (Å²) in [6.07, 6.45) is 5.19. The third-order valence-corrected chi connectivity index (χ3v) is 4.17. The van der Waals surface area contributed by atoms with Crippen LogP contribution in [0.4, 0.5) is 4.39 Å². The lowest BCUT2D eigenvalue weighted by atomic mass is 9.72. The molecule has 4 rings (SSSR count). The molecule has 2 aliphatic heterocycles. The fraction of sp³-hybridized carbons (Fsp3) is 0.571. The van der Waals surface area contributed by atoms with Gasteiger partial charge < -0.3 is 5.32 Å². The Morgan fingerprint density at radius 1 is 1.18 bits per heavy atom. The highest BCUT2D eigenvalue weighted by Gasteiger charge is 2.34. The topological polar surface area (TPSA) is 12.0 Å². The molecule has 2 heterocycles. The van der Waals surface area contributed by atoms with E-state index in [1.807, 2.05) is 12.1 Å². The minimum absolute atomic E-state index is 0. The zero-order chi connectivity index (χ0) is 11.0. The van der Waals surface area contributed by atoms with E-state index < -0.39 is 0 Å². The van der Waals surface area contributed by atoms with Gasteiger partial charge in [0, 0.05) is 6.04 Å². The highest BCUT2D eigenvalue weighted by atomic mass is 35.5. The van der Waals surface area contributed by atoms with Crippen LogP contribution in [0.1, 0.15) is 24.8 Å². The second-order valence-electron chi connectivity index (χ2n) is 5.28. The molecule has 0 radical (unpaired) electrons.